The molecule has 6 atom stereocenters. The molecule has 20 nitrogen and oxygen atoms in total. The van der Waals surface area contributed by atoms with Crippen molar-refractivity contribution in [3.05, 3.63) is 0 Å². The van der Waals surface area contributed by atoms with Gasteiger partial charge in [-0.2, -0.15) is 0 Å². The van der Waals surface area contributed by atoms with Gasteiger partial charge >= 0.3 is 5.97 Å². The Morgan fingerprint density at radius 2 is 1.40 bits per heavy atom. The van der Waals surface area contributed by atoms with Crippen molar-refractivity contribution in [3.8, 4) is 0 Å². The number of nitrogens with zero attached hydrogens (tertiary/aromatic N) is 1. The number of rotatable bonds is 23. The number of carboxylic acids is 1. The molecule has 1 rings (SSSR count). The summed E-state index contributed by atoms with van der Waals surface area (Å²) < 4.78 is 0. The second kappa shape index (κ2) is 21.8. The minimum atomic E-state index is -1.58. The standard InChI is InChI=1S/C28H48N10O10S2/c1-13(2)8-16(24(43)34-10-22(33)41)36-26(45)19-4-3-7-38(19)27(46)18(12-50-49-11-15(30)28(47)48)37-25(44)17(9-21(32)40)35-23(42)14(29)5-6-20(31)39/h13-19H,3-12,29-30H2,1-2H3,(H2,31,39)(H2,32,40)(H2,33,41)(H,34,43)(H,35,42)(H,36,45)(H,37,44)(H,47,48)/t14-,15-,16-,17-,18-,19-/m0/s1. The average Bonchev–Trinajstić information content (AvgIpc) is 3.52. The van der Waals surface area contributed by atoms with Gasteiger partial charge in [-0.3, -0.25) is 43.2 Å². The van der Waals surface area contributed by atoms with Gasteiger partial charge in [-0.1, -0.05) is 35.4 Å². The molecule has 0 saturated carbocycles. The molecular formula is C28H48N10O10S2. The van der Waals surface area contributed by atoms with Gasteiger partial charge in [0.25, 0.3) is 0 Å². The normalized spacial score (nSPS) is 17.1. The number of carbonyl (C=O) groups is 9. The molecule has 0 bridgehead atoms. The Morgan fingerprint density at radius 3 is 1.96 bits per heavy atom. The van der Waals surface area contributed by atoms with E-state index in [1.165, 1.54) is 4.90 Å². The SMILES string of the molecule is CC(C)C[C@H](NC(=O)[C@@H]1CCCN1C(=O)[C@H](CSSC[C@H](N)C(=O)O)NC(=O)[C@H](CC(N)=O)NC(=O)[C@@H](N)CCC(N)=O)C(=O)NCC(N)=O. The Morgan fingerprint density at radius 1 is 0.780 bits per heavy atom. The first-order valence-electron chi connectivity index (χ1n) is 15.7. The molecule has 1 heterocycles. The molecule has 15 N–H and O–H groups in total. The Bertz CT molecular complexity index is 1270. The lowest BCUT2D eigenvalue weighted by molar-refractivity contribution is -0.142. The number of amides is 8. The Labute approximate surface area is 296 Å². The van der Waals surface area contributed by atoms with E-state index in [1.807, 2.05) is 13.8 Å². The van der Waals surface area contributed by atoms with Gasteiger partial charge in [-0.25, -0.2) is 0 Å². The van der Waals surface area contributed by atoms with Crippen molar-refractivity contribution in [2.24, 2.45) is 34.6 Å². The predicted molar refractivity (Wildman–Crippen MR) is 183 cm³/mol. The van der Waals surface area contributed by atoms with Gasteiger partial charge in [0.05, 0.1) is 19.0 Å². The third kappa shape index (κ3) is 16.0. The average molecular weight is 749 g/mol. The molecule has 0 spiro atoms. The van der Waals surface area contributed by atoms with E-state index < -0.39 is 102 Å². The van der Waals surface area contributed by atoms with Gasteiger partial charge in [0.15, 0.2) is 0 Å². The topological polar surface area (TPSA) is 355 Å². The fourth-order valence-electron chi connectivity index (χ4n) is 4.65. The number of likely N-dealkylation sites (tertiary alicyclic amines) is 1. The molecule has 22 heteroatoms. The van der Waals surface area contributed by atoms with E-state index in [1.54, 1.807) is 0 Å². The van der Waals surface area contributed by atoms with E-state index in [0.29, 0.717) is 6.42 Å². The summed E-state index contributed by atoms with van der Waals surface area (Å²) in [7, 11) is 2.02. The maximum absolute atomic E-state index is 13.9. The summed E-state index contributed by atoms with van der Waals surface area (Å²) in [6.45, 7) is 3.30. The summed E-state index contributed by atoms with van der Waals surface area (Å²) in [5.74, 6) is -7.87. The lowest BCUT2D eigenvalue weighted by Crippen LogP contribution is -2.59. The summed E-state index contributed by atoms with van der Waals surface area (Å²) in [5.41, 5.74) is 26.8. The number of nitrogens with one attached hydrogen (secondary N) is 4. The van der Waals surface area contributed by atoms with Crippen LogP contribution < -0.4 is 49.9 Å². The van der Waals surface area contributed by atoms with Crippen LogP contribution in [0.4, 0.5) is 0 Å². The van der Waals surface area contributed by atoms with Gasteiger partial charge in [-0.05, 0) is 31.6 Å². The first-order chi connectivity index (χ1) is 23.3. The molecule has 0 aromatic rings. The summed E-state index contributed by atoms with van der Waals surface area (Å²) in [4.78, 5) is 113. The molecule has 1 aliphatic rings. The lowest BCUT2D eigenvalue weighted by atomic mass is 10.0. The largest absolute Gasteiger partial charge is 0.480 e. The molecule has 0 unspecified atom stereocenters. The van der Waals surface area contributed by atoms with Crippen molar-refractivity contribution in [2.45, 2.75) is 88.6 Å². The predicted octanol–water partition coefficient (Wildman–Crippen LogP) is -4.66. The number of hydrogen-bond acceptors (Lipinski definition) is 13. The number of hydrogen-bond donors (Lipinski definition) is 10. The minimum absolute atomic E-state index is 0.0455. The lowest BCUT2D eigenvalue weighted by Gasteiger charge is -2.30. The first kappa shape index (κ1) is 43.9. The zero-order valence-corrected chi connectivity index (χ0v) is 29.5. The van der Waals surface area contributed by atoms with Gasteiger partial charge in [0, 0.05) is 24.5 Å². The summed E-state index contributed by atoms with van der Waals surface area (Å²) in [6.07, 6.45) is -0.232. The molecule has 1 aliphatic heterocycles. The molecule has 1 saturated heterocycles. The minimum Gasteiger partial charge on any atom is -0.480 e. The van der Waals surface area contributed by atoms with Crippen LogP contribution in [0, 0.1) is 5.92 Å². The number of primary amides is 3. The quantitative estimate of drug-likeness (QED) is 0.0347. The second-order valence-electron chi connectivity index (χ2n) is 12.0. The van der Waals surface area contributed by atoms with Gasteiger partial charge in [0.2, 0.25) is 47.3 Å². The van der Waals surface area contributed by atoms with Crippen LogP contribution in [0.25, 0.3) is 0 Å². The maximum atomic E-state index is 13.9. The second-order valence-corrected chi connectivity index (χ2v) is 14.5. The Hall–Kier alpha value is -4.15. The summed E-state index contributed by atoms with van der Waals surface area (Å²) in [5, 5.41) is 18.9. The molecule has 0 aromatic heterocycles. The van der Waals surface area contributed by atoms with Gasteiger partial charge < -0.3 is 59.9 Å². The summed E-state index contributed by atoms with van der Waals surface area (Å²) in [6, 6.07) is -7.53. The Balaban J connectivity index is 3.24. The van der Waals surface area contributed by atoms with E-state index in [0.717, 1.165) is 21.6 Å². The molecule has 1 fully saturated rings. The highest BCUT2D eigenvalue weighted by Crippen LogP contribution is 2.25. The molecule has 0 aromatic carbocycles. The molecule has 50 heavy (non-hydrogen) atoms. The molecule has 0 aliphatic carbocycles. The van der Waals surface area contributed by atoms with E-state index in [9.17, 15) is 43.2 Å². The van der Waals surface area contributed by atoms with Crippen molar-refractivity contribution in [2.75, 3.05) is 24.6 Å². The smallest absolute Gasteiger partial charge is 0.321 e. The van der Waals surface area contributed by atoms with Crippen molar-refractivity contribution in [3.63, 3.8) is 0 Å². The van der Waals surface area contributed by atoms with Crippen LogP contribution in [0.3, 0.4) is 0 Å². The van der Waals surface area contributed by atoms with E-state index in [-0.39, 0.29) is 49.7 Å². The Kier molecular flexibility index (Phi) is 19.2. The highest BCUT2D eigenvalue weighted by Gasteiger charge is 2.40. The molecule has 0 radical (unpaired) electrons. The molecule has 8 amide bonds. The van der Waals surface area contributed by atoms with E-state index in [4.69, 9.17) is 33.8 Å². The van der Waals surface area contributed by atoms with Crippen molar-refractivity contribution in [1.82, 2.24) is 26.2 Å². The zero-order valence-electron chi connectivity index (χ0n) is 27.9. The van der Waals surface area contributed by atoms with Crippen LogP contribution in [0.2, 0.25) is 0 Å². The third-order valence-corrected chi connectivity index (χ3v) is 9.64. The number of carboxylic acid groups (broad SMARTS) is 1. The van der Waals surface area contributed by atoms with Crippen molar-refractivity contribution < 1.29 is 48.3 Å². The first-order valence-corrected chi connectivity index (χ1v) is 18.1. The van der Waals surface area contributed by atoms with Crippen molar-refractivity contribution in [1.29, 1.82) is 0 Å². The highest BCUT2D eigenvalue weighted by molar-refractivity contribution is 8.76. The van der Waals surface area contributed by atoms with E-state index >= 15 is 0 Å². The number of nitrogens with two attached hydrogens (primary N) is 5. The van der Waals surface area contributed by atoms with Crippen LogP contribution in [0.5, 0.6) is 0 Å². The maximum Gasteiger partial charge on any atom is 0.321 e. The van der Waals surface area contributed by atoms with Crippen LogP contribution >= 0.6 is 21.6 Å². The fourth-order valence-corrected chi connectivity index (χ4v) is 6.91. The van der Waals surface area contributed by atoms with Crippen LogP contribution in [-0.2, 0) is 43.2 Å². The summed E-state index contributed by atoms with van der Waals surface area (Å²) >= 11 is 0. The fraction of sp³-hybridized carbons (Fsp3) is 0.679. The molecule has 282 valence electrons. The van der Waals surface area contributed by atoms with Crippen LogP contribution in [-0.4, -0.2) is 124 Å². The highest BCUT2D eigenvalue weighted by atomic mass is 33.1. The van der Waals surface area contributed by atoms with Crippen LogP contribution in [0.1, 0.15) is 52.4 Å². The third-order valence-electron chi connectivity index (χ3n) is 7.19. The van der Waals surface area contributed by atoms with E-state index in [2.05, 4.69) is 21.3 Å². The number of aliphatic carboxylic acids is 1. The van der Waals surface area contributed by atoms with Gasteiger partial charge in [-0.15, -0.1) is 0 Å². The van der Waals surface area contributed by atoms with Crippen LogP contribution in [0.15, 0.2) is 0 Å². The number of carbonyl (C=O) groups excluding carboxylic acids is 8. The molecular weight excluding hydrogens is 701 g/mol. The monoisotopic (exact) mass is 748 g/mol. The van der Waals surface area contributed by atoms with Gasteiger partial charge in [0.1, 0.15) is 30.2 Å². The zero-order chi connectivity index (χ0) is 38.1. The van der Waals surface area contributed by atoms with Crippen molar-refractivity contribution >= 4 is 74.8 Å².